The molecule has 3 nitrogen and oxygen atoms in total. The van der Waals surface area contributed by atoms with Gasteiger partial charge in [0, 0.05) is 23.7 Å². The second kappa shape index (κ2) is 5.66. The van der Waals surface area contributed by atoms with Gasteiger partial charge in [-0.1, -0.05) is 17.7 Å². The number of benzene rings is 1. The van der Waals surface area contributed by atoms with Crippen molar-refractivity contribution in [1.29, 1.82) is 5.26 Å². The third kappa shape index (κ3) is 2.64. The summed E-state index contributed by atoms with van der Waals surface area (Å²) < 4.78 is 19.3. The van der Waals surface area contributed by atoms with E-state index in [1.807, 2.05) is 11.8 Å². The van der Waals surface area contributed by atoms with Crippen molar-refractivity contribution >= 4 is 11.6 Å². The predicted octanol–water partition coefficient (Wildman–Crippen LogP) is 2.76. The number of nitrogens with zero attached hydrogens (tertiary/aromatic N) is 2. The SMILES string of the molecule is CC1CN(C(C#N)c2c(F)cccc2Cl)CCO1. The highest BCUT2D eigenvalue weighted by atomic mass is 35.5. The molecule has 0 amide bonds. The number of halogens is 2. The summed E-state index contributed by atoms with van der Waals surface area (Å²) in [5.74, 6) is -0.437. The van der Waals surface area contributed by atoms with Crippen LogP contribution in [0.25, 0.3) is 0 Å². The van der Waals surface area contributed by atoms with Gasteiger partial charge in [0.25, 0.3) is 0 Å². The Morgan fingerprint density at radius 1 is 1.61 bits per heavy atom. The van der Waals surface area contributed by atoms with Crippen LogP contribution in [-0.2, 0) is 4.74 Å². The molecule has 0 aromatic heterocycles. The lowest BCUT2D eigenvalue weighted by Crippen LogP contribution is -2.43. The molecule has 0 spiro atoms. The molecule has 0 N–H and O–H groups in total. The van der Waals surface area contributed by atoms with E-state index in [0.717, 1.165) is 0 Å². The quantitative estimate of drug-likeness (QED) is 0.827. The predicted molar refractivity (Wildman–Crippen MR) is 66.8 cm³/mol. The van der Waals surface area contributed by atoms with Crippen LogP contribution in [0.4, 0.5) is 4.39 Å². The molecule has 2 unspecified atom stereocenters. The minimum atomic E-state index is -0.662. The molecule has 1 heterocycles. The van der Waals surface area contributed by atoms with Crippen LogP contribution in [0.1, 0.15) is 18.5 Å². The topological polar surface area (TPSA) is 36.3 Å². The van der Waals surface area contributed by atoms with E-state index in [1.165, 1.54) is 12.1 Å². The van der Waals surface area contributed by atoms with E-state index in [1.54, 1.807) is 6.07 Å². The highest BCUT2D eigenvalue weighted by molar-refractivity contribution is 6.31. The van der Waals surface area contributed by atoms with Gasteiger partial charge in [-0.25, -0.2) is 4.39 Å². The first-order chi connectivity index (χ1) is 8.63. The Bertz CT molecular complexity index is 454. The third-order valence-electron chi connectivity index (χ3n) is 3.03. The first kappa shape index (κ1) is 13.3. The summed E-state index contributed by atoms with van der Waals surface area (Å²) >= 11 is 6.01. The smallest absolute Gasteiger partial charge is 0.130 e. The summed E-state index contributed by atoms with van der Waals surface area (Å²) in [7, 11) is 0. The first-order valence-corrected chi connectivity index (χ1v) is 6.20. The van der Waals surface area contributed by atoms with Gasteiger partial charge in [-0.15, -0.1) is 0 Å². The van der Waals surface area contributed by atoms with Gasteiger partial charge in [0.05, 0.1) is 18.8 Å². The van der Waals surface area contributed by atoms with Crippen molar-refractivity contribution in [2.75, 3.05) is 19.7 Å². The molecule has 1 aliphatic heterocycles. The summed E-state index contributed by atoms with van der Waals surface area (Å²) in [5.41, 5.74) is 0.260. The molecule has 2 rings (SSSR count). The van der Waals surface area contributed by atoms with Gasteiger partial charge in [0.15, 0.2) is 0 Å². The average molecular weight is 269 g/mol. The Kier molecular flexibility index (Phi) is 4.18. The molecule has 1 saturated heterocycles. The Morgan fingerprint density at radius 2 is 2.39 bits per heavy atom. The van der Waals surface area contributed by atoms with Crippen molar-refractivity contribution in [2.24, 2.45) is 0 Å². The van der Waals surface area contributed by atoms with E-state index in [2.05, 4.69) is 6.07 Å². The molecule has 2 atom stereocenters. The summed E-state index contributed by atoms with van der Waals surface area (Å²) in [6.07, 6.45) is 0.0418. The fraction of sp³-hybridized carbons (Fsp3) is 0.462. The second-order valence-electron chi connectivity index (χ2n) is 4.34. The Morgan fingerprint density at radius 3 is 3.00 bits per heavy atom. The van der Waals surface area contributed by atoms with E-state index in [9.17, 15) is 9.65 Å². The minimum Gasteiger partial charge on any atom is -0.376 e. The van der Waals surface area contributed by atoms with Crippen molar-refractivity contribution in [3.63, 3.8) is 0 Å². The van der Waals surface area contributed by atoms with Gasteiger partial charge in [-0.2, -0.15) is 5.26 Å². The van der Waals surface area contributed by atoms with Gasteiger partial charge in [0.1, 0.15) is 11.9 Å². The number of hydrogen-bond donors (Lipinski definition) is 0. The molecule has 18 heavy (non-hydrogen) atoms. The van der Waals surface area contributed by atoms with Gasteiger partial charge in [0.2, 0.25) is 0 Å². The lowest BCUT2D eigenvalue weighted by atomic mass is 10.0. The molecule has 1 aromatic rings. The van der Waals surface area contributed by atoms with Crippen molar-refractivity contribution in [3.8, 4) is 6.07 Å². The van der Waals surface area contributed by atoms with Crippen LogP contribution in [-0.4, -0.2) is 30.7 Å². The first-order valence-electron chi connectivity index (χ1n) is 5.82. The van der Waals surface area contributed by atoms with Crippen molar-refractivity contribution < 1.29 is 9.13 Å². The second-order valence-corrected chi connectivity index (χ2v) is 4.75. The zero-order chi connectivity index (χ0) is 13.1. The fourth-order valence-corrected chi connectivity index (χ4v) is 2.45. The highest BCUT2D eigenvalue weighted by Crippen LogP contribution is 2.30. The number of morpholine rings is 1. The fourth-order valence-electron chi connectivity index (χ4n) is 2.18. The van der Waals surface area contributed by atoms with E-state index in [0.29, 0.717) is 24.7 Å². The van der Waals surface area contributed by atoms with Crippen molar-refractivity contribution in [3.05, 3.63) is 34.6 Å². The van der Waals surface area contributed by atoms with E-state index < -0.39 is 11.9 Å². The number of hydrogen-bond acceptors (Lipinski definition) is 3. The lowest BCUT2D eigenvalue weighted by Gasteiger charge is -2.34. The van der Waals surface area contributed by atoms with Crippen molar-refractivity contribution in [1.82, 2.24) is 4.90 Å². The van der Waals surface area contributed by atoms with Crippen LogP contribution in [0.5, 0.6) is 0 Å². The molecule has 96 valence electrons. The Hall–Kier alpha value is -1.15. The summed E-state index contributed by atoms with van der Waals surface area (Å²) in [5, 5.41) is 9.60. The van der Waals surface area contributed by atoms with Crippen LogP contribution in [0.2, 0.25) is 5.02 Å². The molecule has 5 heteroatoms. The van der Waals surface area contributed by atoms with Gasteiger partial charge in [-0.05, 0) is 19.1 Å². The Balaban J connectivity index is 2.31. The lowest BCUT2D eigenvalue weighted by molar-refractivity contribution is -0.0272. The third-order valence-corrected chi connectivity index (χ3v) is 3.36. The standard InChI is InChI=1S/C13H14ClFN2O/c1-9-8-17(5-6-18-9)12(7-16)13-10(14)3-2-4-11(13)15/h2-4,9,12H,5-6,8H2,1H3. The molecule has 0 aliphatic carbocycles. The Labute approximate surface area is 111 Å². The molecule has 0 saturated carbocycles. The van der Waals surface area contributed by atoms with E-state index in [-0.39, 0.29) is 11.7 Å². The summed E-state index contributed by atoms with van der Waals surface area (Å²) in [6.45, 7) is 3.69. The van der Waals surface area contributed by atoms with Gasteiger partial charge >= 0.3 is 0 Å². The molecular weight excluding hydrogens is 255 g/mol. The largest absolute Gasteiger partial charge is 0.376 e. The highest BCUT2D eigenvalue weighted by Gasteiger charge is 2.28. The van der Waals surface area contributed by atoms with E-state index >= 15 is 0 Å². The van der Waals surface area contributed by atoms with Crippen LogP contribution in [0.3, 0.4) is 0 Å². The maximum Gasteiger partial charge on any atom is 0.130 e. The molecule has 1 aliphatic rings. The monoisotopic (exact) mass is 268 g/mol. The van der Waals surface area contributed by atoms with Gasteiger partial charge in [-0.3, -0.25) is 4.90 Å². The van der Waals surface area contributed by atoms with Crippen molar-refractivity contribution in [2.45, 2.75) is 19.1 Å². The number of nitriles is 1. The van der Waals surface area contributed by atoms with Crippen LogP contribution in [0.15, 0.2) is 18.2 Å². The minimum absolute atomic E-state index is 0.0418. The maximum atomic E-state index is 13.8. The maximum absolute atomic E-state index is 13.8. The zero-order valence-electron chi connectivity index (χ0n) is 10.1. The number of ether oxygens (including phenoxy) is 1. The van der Waals surface area contributed by atoms with Crippen LogP contribution >= 0.6 is 11.6 Å². The average Bonchev–Trinajstić information content (AvgIpc) is 2.34. The molecule has 0 bridgehead atoms. The van der Waals surface area contributed by atoms with Crippen LogP contribution < -0.4 is 0 Å². The normalized spacial score (nSPS) is 22.4. The molecule has 0 radical (unpaired) electrons. The number of rotatable bonds is 2. The van der Waals surface area contributed by atoms with Crippen LogP contribution in [0, 0.1) is 17.1 Å². The summed E-state index contributed by atoms with van der Waals surface area (Å²) in [4.78, 5) is 1.90. The zero-order valence-corrected chi connectivity index (χ0v) is 10.8. The summed E-state index contributed by atoms with van der Waals surface area (Å²) in [6, 6.07) is 5.95. The van der Waals surface area contributed by atoms with E-state index in [4.69, 9.17) is 16.3 Å². The molecular formula is C13H14ClFN2O. The molecule has 1 fully saturated rings. The molecule has 1 aromatic carbocycles. The van der Waals surface area contributed by atoms with Gasteiger partial charge < -0.3 is 4.74 Å².